The van der Waals surface area contributed by atoms with E-state index in [-0.39, 0.29) is 24.5 Å². The fraction of sp³-hybridized carbons (Fsp3) is 0.650. The number of nitrogens with one attached hydrogen (secondary N) is 1. The number of carbonyl (C=O) groups excluding carboxylic acids is 1. The first-order chi connectivity index (χ1) is 14.2. The number of carbonyl (C=O) groups is 1. The van der Waals surface area contributed by atoms with Crippen molar-refractivity contribution in [2.45, 2.75) is 68.2 Å². The first-order valence-corrected chi connectivity index (χ1v) is 11.7. The molecule has 2 fully saturated rings. The van der Waals surface area contributed by atoms with E-state index >= 15 is 0 Å². The number of sulfone groups is 1. The minimum atomic E-state index is -4.66. The summed E-state index contributed by atoms with van der Waals surface area (Å²) < 4.78 is 104. The van der Waals surface area contributed by atoms with Crippen LogP contribution in [-0.2, 0) is 20.8 Å². The van der Waals surface area contributed by atoms with Crippen LogP contribution in [0.15, 0.2) is 29.2 Å². The zero-order valence-corrected chi connectivity index (χ0v) is 17.3. The minimum Gasteiger partial charge on any atom is -0.353 e. The van der Waals surface area contributed by atoms with Gasteiger partial charge < -0.3 is 5.32 Å². The van der Waals surface area contributed by atoms with Crippen LogP contribution in [0.1, 0.15) is 50.5 Å². The Morgan fingerprint density at radius 2 is 1.65 bits per heavy atom. The summed E-state index contributed by atoms with van der Waals surface area (Å²) in [5.74, 6) is -1.71. The van der Waals surface area contributed by atoms with Crippen LogP contribution in [0, 0.1) is 11.3 Å². The Labute approximate surface area is 176 Å². The fourth-order valence-electron chi connectivity index (χ4n) is 4.24. The maximum Gasteiger partial charge on any atom is 0.416 e. The minimum absolute atomic E-state index is 0.229. The molecule has 0 bridgehead atoms. The molecule has 1 aromatic carbocycles. The third-order valence-electron chi connectivity index (χ3n) is 6.34. The predicted octanol–water partition coefficient (Wildman–Crippen LogP) is 4.89. The average molecular weight is 471 g/mol. The quantitative estimate of drug-likeness (QED) is 0.623. The van der Waals surface area contributed by atoms with Crippen LogP contribution in [0.2, 0.25) is 0 Å². The topological polar surface area (TPSA) is 63.2 Å². The summed E-state index contributed by atoms with van der Waals surface area (Å²) >= 11 is 0. The van der Waals surface area contributed by atoms with Crippen molar-refractivity contribution in [2.24, 2.45) is 11.3 Å². The number of halogens is 6. The van der Waals surface area contributed by atoms with Gasteiger partial charge in [-0.3, -0.25) is 4.79 Å². The first-order valence-electron chi connectivity index (χ1n) is 10.0. The zero-order valence-electron chi connectivity index (χ0n) is 16.5. The molecule has 0 unspecified atom stereocenters. The SMILES string of the molecule is O=C(N[C@H]1CC[C@H](CS(=O)(=O)c2cccc(C(F)(F)F)c2)CC1)C1(C(F)(F)F)CCC1. The lowest BCUT2D eigenvalue weighted by Crippen LogP contribution is -2.57. The van der Waals surface area contributed by atoms with Crippen molar-refractivity contribution >= 4 is 15.7 Å². The van der Waals surface area contributed by atoms with E-state index < -0.39 is 50.0 Å². The number of alkyl halides is 6. The summed E-state index contributed by atoms with van der Waals surface area (Å²) in [5, 5.41) is 2.47. The Balaban J connectivity index is 1.57. The predicted molar refractivity (Wildman–Crippen MR) is 99.7 cm³/mol. The Bertz CT molecular complexity index is 914. The highest BCUT2D eigenvalue weighted by atomic mass is 32.2. The molecule has 3 rings (SSSR count). The van der Waals surface area contributed by atoms with Gasteiger partial charge in [-0.15, -0.1) is 0 Å². The van der Waals surface area contributed by atoms with Crippen molar-refractivity contribution < 1.29 is 39.6 Å². The maximum absolute atomic E-state index is 13.3. The van der Waals surface area contributed by atoms with Gasteiger partial charge >= 0.3 is 12.4 Å². The monoisotopic (exact) mass is 471 g/mol. The van der Waals surface area contributed by atoms with Gasteiger partial charge in [0, 0.05) is 6.04 Å². The van der Waals surface area contributed by atoms with Gasteiger partial charge in [0.1, 0.15) is 5.41 Å². The van der Waals surface area contributed by atoms with Gasteiger partial charge in [-0.1, -0.05) is 12.5 Å². The van der Waals surface area contributed by atoms with Gasteiger partial charge in [0.15, 0.2) is 9.84 Å². The smallest absolute Gasteiger partial charge is 0.353 e. The van der Waals surface area contributed by atoms with Crippen molar-refractivity contribution in [3.63, 3.8) is 0 Å². The Morgan fingerprint density at radius 3 is 2.13 bits per heavy atom. The summed E-state index contributed by atoms with van der Waals surface area (Å²) in [7, 11) is -3.96. The van der Waals surface area contributed by atoms with E-state index in [2.05, 4.69) is 5.32 Å². The van der Waals surface area contributed by atoms with Crippen molar-refractivity contribution in [3.05, 3.63) is 29.8 Å². The number of benzene rings is 1. The van der Waals surface area contributed by atoms with Crippen LogP contribution < -0.4 is 5.32 Å². The molecule has 2 aliphatic rings. The molecular weight excluding hydrogens is 448 g/mol. The van der Waals surface area contributed by atoms with Gasteiger partial charge in [-0.05, 0) is 62.6 Å². The molecule has 0 atom stereocenters. The lowest BCUT2D eigenvalue weighted by Gasteiger charge is -2.42. The standard InChI is InChI=1S/C20H23F6NO3S/c21-19(22,23)14-3-1-4-16(11-14)31(29,30)12-13-5-7-15(8-6-13)27-17(28)18(9-2-10-18)20(24,25)26/h1,3-4,11,13,15H,2,5-10,12H2,(H,27,28)/t13-,15-. The van der Waals surface area contributed by atoms with Crippen molar-refractivity contribution in [2.75, 3.05) is 5.75 Å². The second-order valence-corrected chi connectivity index (χ2v) is 10.5. The second kappa shape index (κ2) is 8.29. The summed E-state index contributed by atoms with van der Waals surface area (Å²) in [4.78, 5) is 11.8. The van der Waals surface area contributed by atoms with Gasteiger partial charge in [0.25, 0.3) is 0 Å². The van der Waals surface area contributed by atoms with Crippen LogP contribution in [-0.4, -0.2) is 32.3 Å². The molecule has 1 amide bonds. The molecule has 1 aromatic rings. The van der Waals surface area contributed by atoms with Gasteiger partial charge in [-0.25, -0.2) is 8.42 Å². The molecule has 2 aliphatic carbocycles. The molecule has 0 aromatic heterocycles. The second-order valence-electron chi connectivity index (χ2n) is 8.43. The van der Waals surface area contributed by atoms with Crippen LogP contribution in [0.5, 0.6) is 0 Å². The van der Waals surface area contributed by atoms with Crippen LogP contribution >= 0.6 is 0 Å². The molecule has 11 heteroatoms. The van der Waals surface area contributed by atoms with Crippen molar-refractivity contribution in [1.29, 1.82) is 0 Å². The number of hydrogen-bond acceptors (Lipinski definition) is 3. The first kappa shape index (κ1) is 23.9. The number of amides is 1. The van der Waals surface area contributed by atoms with E-state index in [1.807, 2.05) is 0 Å². The lowest BCUT2D eigenvalue weighted by atomic mass is 9.67. The molecule has 0 aliphatic heterocycles. The summed E-state index contributed by atoms with van der Waals surface area (Å²) in [5.41, 5.74) is -3.37. The third-order valence-corrected chi connectivity index (χ3v) is 8.22. The van der Waals surface area contributed by atoms with Gasteiger partial charge in [-0.2, -0.15) is 26.3 Å². The summed E-state index contributed by atoms with van der Waals surface area (Å²) in [6.07, 6.45) is -8.04. The largest absolute Gasteiger partial charge is 0.416 e. The van der Waals surface area contributed by atoms with E-state index in [9.17, 15) is 39.6 Å². The van der Waals surface area contributed by atoms with Crippen LogP contribution in [0.25, 0.3) is 0 Å². The molecule has 0 saturated heterocycles. The van der Waals surface area contributed by atoms with E-state index in [4.69, 9.17) is 0 Å². The molecule has 4 nitrogen and oxygen atoms in total. The van der Waals surface area contributed by atoms with Gasteiger partial charge in [0.05, 0.1) is 16.2 Å². The van der Waals surface area contributed by atoms with Crippen LogP contribution in [0.3, 0.4) is 0 Å². The molecule has 2 saturated carbocycles. The highest BCUT2D eigenvalue weighted by Crippen LogP contribution is 2.53. The number of hydrogen-bond donors (Lipinski definition) is 1. The van der Waals surface area contributed by atoms with Gasteiger partial charge in [0.2, 0.25) is 5.91 Å². The van der Waals surface area contributed by atoms with Crippen molar-refractivity contribution in [1.82, 2.24) is 5.32 Å². The van der Waals surface area contributed by atoms with E-state index in [1.54, 1.807) is 0 Å². The average Bonchev–Trinajstić information content (AvgIpc) is 2.60. The van der Waals surface area contributed by atoms with E-state index in [1.165, 1.54) is 0 Å². The Morgan fingerprint density at radius 1 is 1.03 bits per heavy atom. The molecule has 1 N–H and O–H groups in total. The van der Waals surface area contributed by atoms with E-state index in [0.29, 0.717) is 38.2 Å². The molecule has 0 radical (unpaired) electrons. The maximum atomic E-state index is 13.3. The van der Waals surface area contributed by atoms with Crippen LogP contribution in [0.4, 0.5) is 26.3 Å². The molecule has 31 heavy (non-hydrogen) atoms. The molecule has 0 spiro atoms. The molecular formula is C20H23F6NO3S. The van der Waals surface area contributed by atoms with E-state index in [0.717, 1.165) is 18.2 Å². The molecule has 174 valence electrons. The lowest BCUT2D eigenvalue weighted by molar-refractivity contribution is -0.243. The zero-order chi connectivity index (χ0) is 23.1. The number of rotatable bonds is 5. The summed E-state index contributed by atoms with van der Waals surface area (Å²) in [6.45, 7) is 0. The molecule has 0 heterocycles. The normalized spacial score (nSPS) is 24.3. The Hall–Kier alpha value is -1.78. The van der Waals surface area contributed by atoms with Crippen molar-refractivity contribution in [3.8, 4) is 0 Å². The highest BCUT2D eigenvalue weighted by Gasteiger charge is 2.63. The highest BCUT2D eigenvalue weighted by molar-refractivity contribution is 7.91. The Kier molecular flexibility index (Phi) is 6.38. The third kappa shape index (κ3) is 5.01. The fourth-order valence-corrected chi connectivity index (χ4v) is 5.98. The summed E-state index contributed by atoms with van der Waals surface area (Å²) in [6, 6.07) is 3.09.